The lowest BCUT2D eigenvalue weighted by molar-refractivity contribution is -0.102. The molecule has 3 nitrogen and oxygen atoms in total. The van der Waals surface area contributed by atoms with Gasteiger partial charge in [-0.05, 0) is 34.6 Å². The summed E-state index contributed by atoms with van der Waals surface area (Å²) in [5.74, 6) is 0. The van der Waals surface area contributed by atoms with E-state index in [1.807, 2.05) is 32.6 Å². The van der Waals surface area contributed by atoms with Gasteiger partial charge in [-0.2, -0.15) is 0 Å². The van der Waals surface area contributed by atoms with Gasteiger partial charge in [-0.3, -0.25) is 4.90 Å². The van der Waals surface area contributed by atoms with Gasteiger partial charge < -0.3 is 10.2 Å². The van der Waals surface area contributed by atoms with Gasteiger partial charge in [-0.1, -0.05) is 0 Å². The third kappa shape index (κ3) is 3.09. The maximum Gasteiger partial charge on any atom is 0.133 e. The van der Waals surface area contributed by atoms with Gasteiger partial charge in [0.15, 0.2) is 0 Å². The molecule has 0 rings (SSSR count). The van der Waals surface area contributed by atoms with Crippen LogP contribution in [-0.4, -0.2) is 39.5 Å². The predicted molar refractivity (Wildman–Crippen MR) is 49.8 cm³/mol. The number of hydrogen-bond acceptors (Lipinski definition) is 3. The summed E-state index contributed by atoms with van der Waals surface area (Å²) in [7, 11) is 0. The summed E-state index contributed by atoms with van der Waals surface area (Å²) in [5.41, 5.74) is 0. The molecular weight excluding hydrogens is 154 g/mol. The molecule has 0 bridgehead atoms. The molecule has 2 atom stereocenters. The van der Waals surface area contributed by atoms with Crippen LogP contribution in [0.4, 0.5) is 0 Å². The fraction of sp³-hybridized carbons (Fsp3) is 1.00. The lowest BCUT2D eigenvalue weighted by Gasteiger charge is -2.36. The molecule has 0 aromatic rings. The number of aliphatic hydroxyl groups is 2. The average molecular weight is 175 g/mol. The Kier molecular flexibility index (Phi) is 4.75. The van der Waals surface area contributed by atoms with Crippen LogP contribution in [0.5, 0.6) is 0 Å². The number of nitrogens with zero attached hydrogens (tertiary/aromatic N) is 1. The molecule has 74 valence electrons. The van der Waals surface area contributed by atoms with Crippen molar-refractivity contribution in [2.75, 3.05) is 0 Å². The fourth-order valence-corrected chi connectivity index (χ4v) is 1.46. The molecule has 0 saturated carbocycles. The molecule has 0 heterocycles. The van der Waals surface area contributed by atoms with E-state index >= 15 is 0 Å². The van der Waals surface area contributed by atoms with E-state index in [1.54, 1.807) is 6.92 Å². The zero-order valence-electron chi connectivity index (χ0n) is 8.65. The van der Waals surface area contributed by atoms with Crippen LogP contribution in [0.2, 0.25) is 0 Å². The third-order valence-electron chi connectivity index (χ3n) is 1.93. The molecule has 0 aliphatic rings. The smallest absolute Gasteiger partial charge is 0.133 e. The molecule has 0 aromatic carbocycles. The van der Waals surface area contributed by atoms with E-state index in [0.29, 0.717) is 0 Å². The molecule has 0 radical (unpaired) electrons. The van der Waals surface area contributed by atoms with Crippen LogP contribution >= 0.6 is 0 Å². The first-order valence-corrected chi connectivity index (χ1v) is 4.51. The predicted octanol–water partition coefficient (Wildman–Crippen LogP) is 0.804. The van der Waals surface area contributed by atoms with Gasteiger partial charge in [0.2, 0.25) is 0 Å². The van der Waals surface area contributed by atoms with Gasteiger partial charge in [-0.15, -0.1) is 0 Å². The zero-order valence-corrected chi connectivity index (χ0v) is 8.65. The van der Waals surface area contributed by atoms with Crippen LogP contribution < -0.4 is 0 Å². The van der Waals surface area contributed by atoms with Crippen LogP contribution in [0.25, 0.3) is 0 Å². The van der Waals surface area contributed by atoms with Crippen molar-refractivity contribution in [3.8, 4) is 0 Å². The second-order valence-electron chi connectivity index (χ2n) is 3.79. The minimum Gasteiger partial charge on any atom is -0.389 e. The van der Waals surface area contributed by atoms with Crippen molar-refractivity contribution < 1.29 is 10.2 Å². The first-order chi connectivity index (χ1) is 5.37. The van der Waals surface area contributed by atoms with E-state index in [2.05, 4.69) is 0 Å². The first kappa shape index (κ1) is 11.9. The molecule has 0 saturated heterocycles. The van der Waals surface area contributed by atoms with Crippen LogP contribution in [0.15, 0.2) is 0 Å². The summed E-state index contributed by atoms with van der Waals surface area (Å²) in [6.07, 6.45) is -1.46. The van der Waals surface area contributed by atoms with Crippen LogP contribution in [0.3, 0.4) is 0 Å². The van der Waals surface area contributed by atoms with E-state index < -0.39 is 12.3 Å². The maximum absolute atomic E-state index is 9.60. The van der Waals surface area contributed by atoms with E-state index in [9.17, 15) is 10.2 Å². The number of rotatable bonds is 4. The first-order valence-electron chi connectivity index (χ1n) is 4.51. The molecule has 0 spiro atoms. The Morgan fingerprint density at radius 3 is 1.25 bits per heavy atom. The highest BCUT2D eigenvalue weighted by atomic mass is 16.3. The van der Waals surface area contributed by atoms with Gasteiger partial charge in [0.1, 0.15) is 6.23 Å². The molecule has 3 heteroatoms. The summed E-state index contributed by atoms with van der Waals surface area (Å²) < 4.78 is 0. The van der Waals surface area contributed by atoms with Crippen LogP contribution in [-0.2, 0) is 0 Å². The zero-order chi connectivity index (χ0) is 9.89. The van der Waals surface area contributed by atoms with E-state index in [0.717, 1.165) is 0 Å². The fourth-order valence-electron chi connectivity index (χ4n) is 1.46. The van der Waals surface area contributed by atoms with Gasteiger partial charge in [0, 0.05) is 12.1 Å². The van der Waals surface area contributed by atoms with Crippen molar-refractivity contribution in [1.82, 2.24) is 4.90 Å². The molecule has 0 aliphatic carbocycles. The third-order valence-corrected chi connectivity index (χ3v) is 1.93. The van der Waals surface area contributed by atoms with Crippen molar-refractivity contribution in [3.63, 3.8) is 0 Å². The van der Waals surface area contributed by atoms with Gasteiger partial charge >= 0.3 is 0 Å². The highest BCUT2D eigenvalue weighted by molar-refractivity contribution is 4.73. The van der Waals surface area contributed by atoms with Crippen molar-refractivity contribution in [2.24, 2.45) is 0 Å². The highest BCUT2D eigenvalue weighted by Crippen LogP contribution is 2.11. The normalized spacial score (nSPS) is 17.5. The van der Waals surface area contributed by atoms with Crippen molar-refractivity contribution in [2.45, 2.75) is 59.0 Å². The molecule has 0 aliphatic heterocycles. The van der Waals surface area contributed by atoms with Crippen LogP contribution in [0.1, 0.15) is 34.6 Å². The monoisotopic (exact) mass is 175 g/mol. The molecule has 12 heavy (non-hydrogen) atoms. The summed E-state index contributed by atoms with van der Waals surface area (Å²) in [6.45, 7) is 9.62. The summed E-state index contributed by atoms with van der Waals surface area (Å²) in [4.78, 5) is 1.88. The van der Waals surface area contributed by atoms with Crippen molar-refractivity contribution in [1.29, 1.82) is 0 Å². The molecule has 2 unspecified atom stereocenters. The van der Waals surface area contributed by atoms with Gasteiger partial charge in [0.05, 0.1) is 6.10 Å². The van der Waals surface area contributed by atoms with E-state index in [1.165, 1.54) is 0 Å². The minimum absolute atomic E-state index is 0.245. The van der Waals surface area contributed by atoms with Crippen molar-refractivity contribution >= 4 is 0 Å². The second kappa shape index (κ2) is 4.80. The maximum atomic E-state index is 9.60. The molecule has 2 N–H and O–H groups in total. The summed E-state index contributed by atoms with van der Waals surface area (Å²) in [6, 6.07) is 0.490. The molecular formula is C9H21NO2. The lowest BCUT2D eigenvalue weighted by Crippen LogP contribution is -2.49. The van der Waals surface area contributed by atoms with Gasteiger partial charge in [0.25, 0.3) is 0 Å². The summed E-state index contributed by atoms with van der Waals surface area (Å²) in [5, 5.41) is 18.8. The number of hydrogen-bond donors (Lipinski definition) is 2. The van der Waals surface area contributed by atoms with E-state index in [-0.39, 0.29) is 12.1 Å². The molecule has 0 fully saturated rings. The Bertz CT molecular complexity index is 116. The average Bonchev–Trinajstić information content (AvgIpc) is 1.85. The van der Waals surface area contributed by atoms with Crippen LogP contribution in [0, 0.1) is 0 Å². The topological polar surface area (TPSA) is 43.7 Å². The Hall–Kier alpha value is -0.120. The summed E-state index contributed by atoms with van der Waals surface area (Å²) >= 11 is 0. The highest BCUT2D eigenvalue weighted by Gasteiger charge is 2.24. The van der Waals surface area contributed by atoms with Crippen molar-refractivity contribution in [3.05, 3.63) is 0 Å². The Morgan fingerprint density at radius 2 is 1.17 bits per heavy atom. The minimum atomic E-state index is -0.759. The second-order valence-corrected chi connectivity index (χ2v) is 3.79. The SMILES string of the molecule is CC(O)C(O)N(C(C)C)C(C)C. The molecule has 0 amide bonds. The van der Waals surface area contributed by atoms with Gasteiger partial charge in [-0.25, -0.2) is 0 Å². The largest absolute Gasteiger partial charge is 0.389 e. The Morgan fingerprint density at radius 1 is 0.833 bits per heavy atom. The molecule has 0 aromatic heterocycles. The Labute approximate surface area is 75.0 Å². The Balaban J connectivity index is 4.30. The standard InChI is InChI=1S/C9H21NO2/c1-6(2)10(7(3)4)9(12)8(5)11/h6-9,11-12H,1-5H3. The van der Waals surface area contributed by atoms with E-state index in [4.69, 9.17) is 0 Å². The lowest BCUT2D eigenvalue weighted by atomic mass is 10.2. The quantitative estimate of drug-likeness (QED) is 0.621. The number of aliphatic hydroxyl groups excluding tert-OH is 2.